The van der Waals surface area contributed by atoms with E-state index in [1.165, 1.54) is 28.5 Å². The Morgan fingerprint density at radius 2 is 2.33 bits per heavy atom. The van der Waals surface area contributed by atoms with E-state index in [-0.39, 0.29) is 0 Å². The van der Waals surface area contributed by atoms with Gasteiger partial charge in [-0.1, -0.05) is 12.1 Å². The average molecular weight is 274 g/mol. The van der Waals surface area contributed by atoms with E-state index in [4.69, 9.17) is 0 Å². The molecule has 1 nitrogen and oxygen atoms in total. The lowest BCUT2D eigenvalue weighted by Gasteiger charge is -2.06. The predicted octanol–water partition coefficient (Wildman–Crippen LogP) is 1.69. The van der Waals surface area contributed by atoms with Crippen LogP contribution >= 0.6 is 22.6 Å². The minimum absolute atomic E-state index is 0.736. The Labute approximate surface area is 86.7 Å². The van der Waals surface area contributed by atoms with Gasteiger partial charge < -0.3 is 5.32 Å². The highest BCUT2D eigenvalue weighted by atomic mass is 127. The van der Waals surface area contributed by atoms with Gasteiger partial charge in [-0.15, -0.1) is 0 Å². The lowest BCUT2D eigenvalue weighted by atomic mass is 10.1. The SMILES string of the molecule is Ic1cccc([C@H]2CCC[NH2+]2)c1. The third kappa shape index (κ3) is 1.80. The standard InChI is InChI=1S/C10H12IN/c11-9-4-1-3-8(7-9)10-5-2-6-12-10/h1,3-4,7,10,12H,2,5-6H2/p+1/t10-/m1/s1. The molecule has 2 heteroatoms. The van der Waals surface area contributed by atoms with Crippen molar-refractivity contribution in [3.63, 3.8) is 0 Å². The van der Waals surface area contributed by atoms with Crippen LogP contribution in [0.1, 0.15) is 24.4 Å². The van der Waals surface area contributed by atoms with Crippen LogP contribution in [0.5, 0.6) is 0 Å². The molecule has 1 aromatic rings. The maximum atomic E-state index is 2.45. The fourth-order valence-electron chi connectivity index (χ4n) is 1.81. The minimum atomic E-state index is 0.736. The van der Waals surface area contributed by atoms with Crippen LogP contribution in [0.25, 0.3) is 0 Å². The van der Waals surface area contributed by atoms with Crippen LogP contribution in [0.2, 0.25) is 0 Å². The Bertz CT molecular complexity index is 266. The molecule has 1 fully saturated rings. The maximum absolute atomic E-state index is 2.45. The van der Waals surface area contributed by atoms with E-state index in [0.717, 1.165) is 6.04 Å². The van der Waals surface area contributed by atoms with Gasteiger partial charge in [-0.05, 0) is 34.7 Å². The van der Waals surface area contributed by atoms with Crippen LogP contribution in [-0.4, -0.2) is 6.54 Å². The zero-order valence-electron chi connectivity index (χ0n) is 6.96. The van der Waals surface area contributed by atoms with E-state index in [1.54, 1.807) is 0 Å². The largest absolute Gasteiger partial charge is 0.340 e. The molecule has 0 aliphatic carbocycles. The second-order valence-electron chi connectivity index (χ2n) is 3.33. The van der Waals surface area contributed by atoms with Crippen molar-refractivity contribution < 1.29 is 5.32 Å². The van der Waals surface area contributed by atoms with Crippen molar-refractivity contribution in [1.82, 2.24) is 0 Å². The summed E-state index contributed by atoms with van der Waals surface area (Å²) in [6.07, 6.45) is 2.72. The first-order valence-electron chi connectivity index (χ1n) is 4.45. The lowest BCUT2D eigenvalue weighted by Crippen LogP contribution is -2.81. The van der Waals surface area contributed by atoms with Crippen LogP contribution in [0.3, 0.4) is 0 Å². The van der Waals surface area contributed by atoms with E-state index in [9.17, 15) is 0 Å². The van der Waals surface area contributed by atoms with Crippen molar-refractivity contribution in [1.29, 1.82) is 0 Å². The summed E-state index contributed by atoms with van der Waals surface area (Å²) in [5.41, 5.74) is 1.50. The minimum Gasteiger partial charge on any atom is -0.340 e. The smallest absolute Gasteiger partial charge is 0.112 e. The molecule has 1 heterocycles. The Hall–Kier alpha value is -0.0900. The molecule has 0 saturated carbocycles. The van der Waals surface area contributed by atoms with E-state index >= 15 is 0 Å². The molecule has 2 rings (SSSR count). The van der Waals surface area contributed by atoms with Crippen molar-refractivity contribution >= 4 is 22.6 Å². The fraction of sp³-hybridized carbons (Fsp3) is 0.400. The van der Waals surface area contributed by atoms with Crippen molar-refractivity contribution in [2.75, 3.05) is 6.54 Å². The van der Waals surface area contributed by atoms with Gasteiger partial charge in [0.25, 0.3) is 0 Å². The molecule has 12 heavy (non-hydrogen) atoms. The molecule has 0 aromatic heterocycles. The summed E-state index contributed by atoms with van der Waals surface area (Å²) in [4.78, 5) is 0. The number of quaternary nitrogens is 1. The predicted molar refractivity (Wildman–Crippen MR) is 57.9 cm³/mol. The van der Waals surface area contributed by atoms with Gasteiger partial charge in [0.2, 0.25) is 0 Å². The van der Waals surface area contributed by atoms with Gasteiger partial charge in [0.1, 0.15) is 6.04 Å². The summed E-state index contributed by atoms with van der Waals surface area (Å²) < 4.78 is 1.35. The Morgan fingerprint density at radius 3 is 3.00 bits per heavy atom. The third-order valence-electron chi connectivity index (χ3n) is 2.45. The number of benzene rings is 1. The highest BCUT2D eigenvalue weighted by Gasteiger charge is 2.19. The molecule has 1 aliphatic rings. The molecule has 0 bridgehead atoms. The quantitative estimate of drug-likeness (QED) is 0.750. The number of nitrogens with two attached hydrogens (primary N) is 1. The fourth-order valence-corrected chi connectivity index (χ4v) is 2.38. The highest BCUT2D eigenvalue weighted by molar-refractivity contribution is 14.1. The Morgan fingerprint density at radius 1 is 1.42 bits per heavy atom. The summed E-state index contributed by atoms with van der Waals surface area (Å²) in [5, 5.41) is 2.45. The van der Waals surface area contributed by atoms with Gasteiger partial charge in [-0.3, -0.25) is 0 Å². The summed E-state index contributed by atoms with van der Waals surface area (Å²) in [7, 11) is 0. The van der Waals surface area contributed by atoms with Crippen LogP contribution in [-0.2, 0) is 0 Å². The van der Waals surface area contributed by atoms with Crippen molar-refractivity contribution in [3.8, 4) is 0 Å². The molecule has 0 radical (unpaired) electrons. The molecule has 1 aliphatic heterocycles. The highest BCUT2D eigenvalue weighted by Crippen LogP contribution is 2.18. The van der Waals surface area contributed by atoms with E-state index < -0.39 is 0 Å². The van der Waals surface area contributed by atoms with Crippen LogP contribution in [0.15, 0.2) is 24.3 Å². The zero-order valence-corrected chi connectivity index (χ0v) is 9.12. The summed E-state index contributed by atoms with van der Waals surface area (Å²) >= 11 is 2.38. The molecule has 0 unspecified atom stereocenters. The molecule has 0 amide bonds. The maximum Gasteiger partial charge on any atom is 0.112 e. The van der Waals surface area contributed by atoms with Crippen molar-refractivity contribution in [2.45, 2.75) is 18.9 Å². The number of halogens is 1. The van der Waals surface area contributed by atoms with Crippen LogP contribution in [0, 0.1) is 3.57 Å². The van der Waals surface area contributed by atoms with Gasteiger partial charge in [0, 0.05) is 22.0 Å². The molecule has 1 aromatic carbocycles. The summed E-state index contributed by atoms with van der Waals surface area (Å²) in [6.45, 7) is 1.30. The monoisotopic (exact) mass is 274 g/mol. The van der Waals surface area contributed by atoms with E-state index in [2.05, 4.69) is 52.2 Å². The zero-order chi connectivity index (χ0) is 8.39. The van der Waals surface area contributed by atoms with Gasteiger partial charge >= 0.3 is 0 Å². The van der Waals surface area contributed by atoms with Crippen LogP contribution < -0.4 is 5.32 Å². The molecule has 2 N–H and O–H groups in total. The first-order chi connectivity index (χ1) is 5.86. The van der Waals surface area contributed by atoms with E-state index in [0.29, 0.717) is 0 Å². The number of hydrogen-bond donors (Lipinski definition) is 1. The average Bonchev–Trinajstić information content (AvgIpc) is 2.56. The third-order valence-corrected chi connectivity index (χ3v) is 3.12. The van der Waals surface area contributed by atoms with Gasteiger partial charge in [0.15, 0.2) is 0 Å². The van der Waals surface area contributed by atoms with Crippen molar-refractivity contribution in [3.05, 3.63) is 33.4 Å². The molecular formula is C10H13IN+. The Kier molecular flexibility index (Phi) is 2.66. The molecule has 1 atom stereocenters. The molecule has 0 spiro atoms. The Balaban J connectivity index is 2.21. The second-order valence-corrected chi connectivity index (χ2v) is 4.57. The number of hydrogen-bond acceptors (Lipinski definition) is 0. The van der Waals surface area contributed by atoms with Crippen LogP contribution in [0.4, 0.5) is 0 Å². The second kappa shape index (κ2) is 3.75. The van der Waals surface area contributed by atoms with Gasteiger partial charge in [-0.25, -0.2) is 0 Å². The summed E-state index contributed by atoms with van der Waals surface area (Å²) in [6, 6.07) is 9.59. The molecular weight excluding hydrogens is 261 g/mol. The topological polar surface area (TPSA) is 16.6 Å². The van der Waals surface area contributed by atoms with E-state index in [1.807, 2.05) is 0 Å². The van der Waals surface area contributed by atoms with Gasteiger partial charge in [0.05, 0.1) is 6.54 Å². The normalized spacial score (nSPS) is 22.9. The molecule has 64 valence electrons. The van der Waals surface area contributed by atoms with Crippen molar-refractivity contribution in [2.24, 2.45) is 0 Å². The lowest BCUT2D eigenvalue weighted by molar-refractivity contribution is -0.676. The first kappa shape index (κ1) is 8.51. The number of rotatable bonds is 1. The molecule has 1 saturated heterocycles. The summed E-state index contributed by atoms with van der Waals surface area (Å²) in [5.74, 6) is 0. The first-order valence-corrected chi connectivity index (χ1v) is 5.53. The van der Waals surface area contributed by atoms with Gasteiger partial charge in [-0.2, -0.15) is 0 Å².